The van der Waals surface area contributed by atoms with Crippen molar-refractivity contribution in [2.75, 3.05) is 11.9 Å². The number of para-hydroxylation sites is 1. The molecule has 106 valence electrons. The Balaban J connectivity index is 2.30. The van der Waals surface area contributed by atoms with Crippen molar-refractivity contribution in [2.45, 2.75) is 6.92 Å². The number of hydrogen-bond donors (Lipinski definition) is 1. The predicted octanol–water partition coefficient (Wildman–Crippen LogP) is 3.52. The second kappa shape index (κ2) is 5.54. The van der Waals surface area contributed by atoms with Crippen molar-refractivity contribution in [2.24, 2.45) is 0 Å². The summed E-state index contributed by atoms with van der Waals surface area (Å²) in [4.78, 5) is 24.8. The molecule has 1 N–H and O–H groups in total. The van der Waals surface area contributed by atoms with Crippen LogP contribution < -0.4 is 10.9 Å². The first kappa shape index (κ1) is 13.6. The largest absolute Gasteiger partial charge is 0.422 e. The minimum Gasteiger partial charge on any atom is -0.422 e. The molecule has 0 amide bonds. The van der Waals surface area contributed by atoms with Gasteiger partial charge in [0.25, 0.3) is 0 Å². The number of thiophene rings is 1. The smallest absolute Gasteiger partial charge is 0.349 e. The molecule has 3 rings (SSSR count). The van der Waals surface area contributed by atoms with E-state index in [1.165, 1.54) is 11.3 Å². The van der Waals surface area contributed by atoms with Gasteiger partial charge in [0, 0.05) is 22.9 Å². The second-order valence-electron chi connectivity index (χ2n) is 4.51. The molecule has 5 heteroatoms. The average Bonchev–Trinajstić information content (AvgIpc) is 3.01. The molecule has 0 aliphatic carbocycles. The van der Waals surface area contributed by atoms with Gasteiger partial charge in [-0.25, -0.2) is 4.79 Å². The summed E-state index contributed by atoms with van der Waals surface area (Å²) in [5.74, 6) is -0.313. The molecule has 1 aromatic carbocycles. The van der Waals surface area contributed by atoms with Gasteiger partial charge in [-0.2, -0.15) is 11.3 Å². The number of fused-ring (bicyclic) bond motifs is 1. The van der Waals surface area contributed by atoms with Gasteiger partial charge in [0.05, 0.1) is 5.69 Å². The van der Waals surface area contributed by atoms with Crippen LogP contribution >= 0.6 is 11.3 Å². The third-order valence-electron chi connectivity index (χ3n) is 3.18. The average molecular weight is 299 g/mol. The molecule has 21 heavy (non-hydrogen) atoms. The van der Waals surface area contributed by atoms with Crippen molar-refractivity contribution >= 4 is 33.8 Å². The molecule has 0 bridgehead atoms. The van der Waals surface area contributed by atoms with Crippen LogP contribution in [0.15, 0.2) is 50.3 Å². The fraction of sp³-hybridized carbons (Fsp3) is 0.125. The Bertz CT molecular complexity index is 850. The second-order valence-corrected chi connectivity index (χ2v) is 5.29. The topological polar surface area (TPSA) is 59.3 Å². The zero-order valence-corrected chi connectivity index (χ0v) is 12.2. The number of hydrogen-bond acceptors (Lipinski definition) is 5. The van der Waals surface area contributed by atoms with E-state index in [0.29, 0.717) is 23.4 Å². The minimum atomic E-state index is -0.610. The lowest BCUT2D eigenvalue weighted by Crippen LogP contribution is -2.18. The summed E-state index contributed by atoms with van der Waals surface area (Å²) >= 11 is 1.42. The van der Waals surface area contributed by atoms with Gasteiger partial charge < -0.3 is 9.73 Å². The maximum absolute atomic E-state index is 12.6. The quantitative estimate of drug-likeness (QED) is 0.591. The van der Waals surface area contributed by atoms with Crippen molar-refractivity contribution in [3.05, 3.63) is 62.6 Å². The first-order chi connectivity index (χ1) is 10.2. The lowest BCUT2D eigenvalue weighted by atomic mass is 10.0. The van der Waals surface area contributed by atoms with E-state index in [2.05, 4.69) is 5.32 Å². The molecule has 0 aliphatic heterocycles. The van der Waals surface area contributed by atoms with Crippen LogP contribution in [0.1, 0.15) is 22.8 Å². The van der Waals surface area contributed by atoms with Crippen molar-refractivity contribution in [1.29, 1.82) is 0 Å². The molecule has 3 aromatic rings. The zero-order valence-electron chi connectivity index (χ0n) is 11.4. The van der Waals surface area contributed by atoms with Crippen molar-refractivity contribution in [1.82, 2.24) is 0 Å². The predicted molar refractivity (Wildman–Crippen MR) is 84.4 cm³/mol. The number of benzene rings is 1. The van der Waals surface area contributed by atoms with Gasteiger partial charge in [-0.1, -0.05) is 12.1 Å². The Labute approximate surface area is 125 Å². The standard InChI is InChI=1S/C16H13NO3S/c1-2-17-14-11-5-3-4-6-12(11)20-16(19)13(14)15(18)10-7-8-21-9-10/h3-9,17H,2H2,1H3. The molecular formula is C16H13NO3S. The van der Waals surface area contributed by atoms with Gasteiger partial charge in [-0.3, -0.25) is 4.79 Å². The van der Waals surface area contributed by atoms with Crippen LogP contribution in [0.25, 0.3) is 11.0 Å². The highest BCUT2D eigenvalue weighted by atomic mass is 32.1. The number of anilines is 1. The summed E-state index contributed by atoms with van der Waals surface area (Å²) < 4.78 is 5.29. The van der Waals surface area contributed by atoms with Gasteiger partial charge in [0.15, 0.2) is 0 Å². The highest BCUT2D eigenvalue weighted by molar-refractivity contribution is 7.08. The maximum Gasteiger partial charge on any atom is 0.349 e. The summed E-state index contributed by atoms with van der Waals surface area (Å²) in [7, 11) is 0. The lowest BCUT2D eigenvalue weighted by molar-refractivity contribution is 0.103. The summed E-state index contributed by atoms with van der Waals surface area (Å²) in [6, 6.07) is 8.90. The molecule has 0 spiro atoms. The molecule has 0 fully saturated rings. The van der Waals surface area contributed by atoms with Gasteiger partial charge >= 0.3 is 5.63 Å². The molecule has 0 atom stereocenters. The summed E-state index contributed by atoms with van der Waals surface area (Å²) in [5, 5.41) is 7.40. The van der Waals surface area contributed by atoms with E-state index in [9.17, 15) is 9.59 Å². The van der Waals surface area contributed by atoms with Crippen LogP contribution in [-0.2, 0) is 0 Å². The van der Waals surface area contributed by atoms with Gasteiger partial charge in [-0.05, 0) is 30.5 Å². The van der Waals surface area contributed by atoms with Crippen molar-refractivity contribution in [3.63, 3.8) is 0 Å². The molecule has 2 heterocycles. The van der Waals surface area contributed by atoms with E-state index in [4.69, 9.17) is 4.42 Å². The number of carbonyl (C=O) groups is 1. The zero-order chi connectivity index (χ0) is 14.8. The molecule has 0 radical (unpaired) electrons. The van der Waals surface area contributed by atoms with Crippen LogP contribution in [0.4, 0.5) is 5.69 Å². The van der Waals surface area contributed by atoms with Crippen LogP contribution in [0.2, 0.25) is 0 Å². The Morgan fingerprint density at radius 2 is 2.10 bits per heavy atom. The Morgan fingerprint density at radius 3 is 2.81 bits per heavy atom. The van der Waals surface area contributed by atoms with Gasteiger partial charge in [0.2, 0.25) is 5.78 Å². The molecular weight excluding hydrogens is 286 g/mol. The molecule has 2 aromatic heterocycles. The number of rotatable bonds is 4. The fourth-order valence-electron chi connectivity index (χ4n) is 2.25. The lowest BCUT2D eigenvalue weighted by Gasteiger charge is -2.11. The summed E-state index contributed by atoms with van der Waals surface area (Å²) in [6.45, 7) is 2.53. The number of carbonyl (C=O) groups excluding carboxylic acids is 1. The Morgan fingerprint density at radius 1 is 1.29 bits per heavy atom. The Kier molecular flexibility index (Phi) is 3.58. The first-order valence-electron chi connectivity index (χ1n) is 6.59. The molecule has 0 saturated heterocycles. The highest BCUT2D eigenvalue weighted by Gasteiger charge is 2.22. The van der Waals surface area contributed by atoms with Crippen LogP contribution in [0.5, 0.6) is 0 Å². The van der Waals surface area contributed by atoms with E-state index >= 15 is 0 Å². The SMILES string of the molecule is CCNc1c(C(=O)c2ccsc2)c(=O)oc2ccccc12. The van der Waals surface area contributed by atoms with Crippen LogP contribution in [0, 0.1) is 0 Å². The normalized spacial score (nSPS) is 10.7. The van der Waals surface area contributed by atoms with Crippen molar-refractivity contribution in [3.8, 4) is 0 Å². The summed E-state index contributed by atoms with van der Waals surface area (Å²) in [6.07, 6.45) is 0. The molecule has 0 saturated carbocycles. The fourth-order valence-corrected chi connectivity index (χ4v) is 2.89. The molecule has 0 aliphatic rings. The molecule has 0 unspecified atom stereocenters. The third kappa shape index (κ3) is 2.36. The van der Waals surface area contributed by atoms with Gasteiger partial charge in [-0.15, -0.1) is 0 Å². The third-order valence-corrected chi connectivity index (χ3v) is 3.86. The first-order valence-corrected chi connectivity index (χ1v) is 7.53. The van der Waals surface area contributed by atoms with Crippen LogP contribution in [-0.4, -0.2) is 12.3 Å². The number of ketones is 1. The number of nitrogens with one attached hydrogen (secondary N) is 1. The summed E-state index contributed by atoms with van der Waals surface area (Å²) in [5.41, 5.74) is 0.970. The van der Waals surface area contributed by atoms with Crippen LogP contribution in [0.3, 0.4) is 0 Å². The van der Waals surface area contributed by atoms with E-state index in [1.54, 1.807) is 23.6 Å². The van der Waals surface area contributed by atoms with E-state index in [-0.39, 0.29) is 11.3 Å². The minimum absolute atomic E-state index is 0.0638. The van der Waals surface area contributed by atoms with E-state index in [0.717, 1.165) is 5.39 Å². The highest BCUT2D eigenvalue weighted by Crippen LogP contribution is 2.27. The van der Waals surface area contributed by atoms with Gasteiger partial charge in [0.1, 0.15) is 11.1 Å². The Hall–Kier alpha value is -2.40. The maximum atomic E-state index is 12.6. The van der Waals surface area contributed by atoms with Crippen molar-refractivity contribution < 1.29 is 9.21 Å². The molecule has 4 nitrogen and oxygen atoms in total. The monoisotopic (exact) mass is 299 g/mol. The van der Waals surface area contributed by atoms with E-state index in [1.807, 2.05) is 24.4 Å². The van der Waals surface area contributed by atoms with E-state index < -0.39 is 5.63 Å².